The molecule has 2 aliphatic rings. The second kappa shape index (κ2) is 9.80. The summed E-state index contributed by atoms with van der Waals surface area (Å²) in [6.07, 6.45) is 7.00. The van der Waals surface area contributed by atoms with Gasteiger partial charge in [-0.15, -0.1) is 0 Å². The lowest BCUT2D eigenvalue weighted by atomic mass is 9.89. The summed E-state index contributed by atoms with van der Waals surface area (Å²) in [5, 5.41) is 3.33. The maximum Gasteiger partial charge on any atom is 0.253 e. The van der Waals surface area contributed by atoms with Crippen molar-refractivity contribution in [2.24, 2.45) is 0 Å². The maximum absolute atomic E-state index is 13.3. The molecule has 2 amide bonds. The van der Waals surface area contributed by atoms with Crippen molar-refractivity contribution in [3.8, 4) is 0 Å². The molecule has 1 N–H and O–H groups in total. The zero-order chi connectivity index (χ0) is 19.2. The van der Waals surface area contributed by atoms with Crippen molar-refractivity contribution in [3.05, 3.63) is 34.9 Å². The smallest absolute Gasteiger partial charge is 0.253 e. The standard InChI is InChI=1S/C20H27ClN2O3S/c1-27-13-10-16(22-19(24)14-6-2-3-7-15(14)21)20(25)23-11-12-26-18-9-5-4-8-17(18)23/h2-3,6-7,16-18H,4-5,8-13H2,1H3,(H,22,24). The molecule has 1 saturated carbocycles. The number of hydrogen-bond donors (Lipinski definition) is 1. The average Bonchev–Trinajstić information content (AvgIpc) is 2.70. The molecule has 1 saturated heterocycles. The van der Waals surface area contributed by atoms with Crippen molar-refractivity contribution in [2.75, 3.05) is 25.2 Å². The van der Waals surface area contributed by atoms with E-state index < -0.39 is 6.04 Å². The molecule has 1 aliphatic heterocycles. The minimum absolute atomic E-state index is 0.00431. The molecule has 5 nitrogen and oxygen atoms in total. The van der Waals surface area contributed by atoms with Gasteiger partial charge in [-0.1, -0.05) is 36.6 Å². The minimum atomic E-state index is -0.540. The third kappa shape index (κ3) is 4.98. The molecule has 0 bridgehead atoms. The maximum atomic E-state index is 13.3. The second-order valence-corrected chi connectivity index (χ2v) is 8.47. The van der Waals surface area contributed by atoms with E-state index >= 15 is 0 Å². The highest BCUT2D eigenvalue weighted by molar-refractivity contribution is 7.98. The number of nitrogens with one attached hydrogen (secondary N) is 1. The number of carbonyl (C=O) groups excluding carboxylic acids is 2. The van der Waals surface area contributed by atoms with Crippen LogP contribution in [0.5, 0.6) is 0 Å². The second-order valence-electron chi connectivity index (χ2n) is 7.08. The first-order valence-corrected chi connectivity index (χ1v) is 11.4. The molecule has 1 heterocycles. The molecule has 3 atom stereocenters. The zero-order valence-corrected chi connectivity index (χ0v) is 17.2. The van der Waals surface area contributed by atoms with Crippen molar-refractivity contribution in [1.29, 1.82) is 0 Å². The molecule has 3 rings (SSSR count). The van der Waals surface area contributed by atoms with Gasteiger partial charge in [-0.05, 0) is 43.4 Å². The number of nitrogens with zero attached hydrogens (tertiary/aromatic N) is 1. The van der Waals surface area contributed by atoms with Crippen LogP contribution in [0.15, 0.2) is 24.3 Å². The van der Waals surface area contributed by atoms with Crippen LogP contribution in [0.2, 0.25) is 5.02 Å². The van der Waals surface area contributed by atoms with Gasteiger partial charge < -0.3 is 15.0 Å². The van der Waals surface area contributed by atoms with Crippen molar-refractivity contribution in [2.45, 2.75) is 50.3 Å². The number of carbonyl (C=O) groups is 2. The van der Waals surface area contributed by atoms with Crippen molar-refractivity contribution >= 4 is 35.2 Å². The third-order valence-corrected chi connectivity index (χ3v) is 6.32. The van der Waals surface area contributed by atoms with E-state index in [0.717, 1.165) is 31.4 Å². The van der Waals surface area contributed by atoms with E-state index in [4.69, 9.17) is 16.3 Å². The van der Waals surface area contributed by atoms with E-state index in [1.807, 2.05) is 11.2 Å². The van der Waals surface area contributed by atoms with Crippen LogP contribution in [0, 0.1) is 0 Å². The molecule has 0 aromatic heterocycles. The van der Waals surface area contributed by atoms with Crippen LogP contribution in [-0.2, 0) is 9.53 Å². The first-order valence-electron chi connectivity index (χ1n) is 9.58. The zero-order valence-electron chi connectivity index (χ0n) is 15.7. The summed E-state index contributed by atoms with van der Waals surface area (Å²) < 4.78 is 5.89. The Morgan fingerprint density at radius 2 is 2.11 bits per heavy atom. The van der Waals surface area contributed by atoms with Crippen LogP contribution in [-0.4, -0.2) is 60.1 Å². The summed E-state index contributed by atoms with van der Waals surface area (Å²) in [5.74, 6) is 0.510. The third-order valence-electron chi connectivity index (χ3n) is 5.35. The Bertz CT molecular complexity index is 670. The number of halogens is 1. The predicted molar refractivity (Wildman–Crippen MR) is 109 cm³/mol. The molecular formula is C20H27ClN2O3S. The molecule has 0 radical (unpaired) electrons. The van der Waals surface area contributed by atoms with Crippen LogP contribution >= 0.6 is 23.4 Å². The molecule has 0 spiro atoms. The number of hydrogen-bond acceptors (Lipinski definition) is 4. The van der Waals surface area contributed by atoms with Gasteiger partial charge in [0.25, 0.3) is 5.91 Å². The Balaban J connectivity index is 1.74. The van der Waals surface area contributed by atoms with Gasteiger partial charge in [0.05, 0.1) is 29.3 Å². The fourth-order valence-electron chi connectivity index (χ4n) is 3.94. The highest BCUT2D eigenvalue weighted by atomic mass is 35.5. The number of thioether (sulfide) groups is 1. The van der Waals surface area contributed by atoms with E-state index in [2.05, 4.69) is 5.32 Å². The number of rotatable bonds is 6. The number of amides is 2. The number of ether oxygens (including phenoxy) is 1. The molecule has 1 aliphatic carbocycles. The van der Waals surface area contributed by atoms with Gasteiger partial charge in [0.15, 0.2) is 0 Å². The van der Waals surface area contributed by atoms with Crippen molar-refractivity contribution < 1.29 is 14.3 Å². The summed E-state index contributed by atoms with van der Waals surface area (Å²) in [6, 6.07) is 6.51. The normalized spacial score (nSPS) is 23.4. The first-order chi connectivity index (χ1) is 13.1. The summed E-state index contributed by atoms with van der Waals surface area (Å²) in [7, 11) is 0. The van der Waals surface area contributed by atoms with E-state index in [1.54, 1.807) is 36.0 Å². The van der Waals surface area contributed by atoms with Gasteiger partial charge in [-0.3, -0.25) is 9.59 Å². The SMILES string of the molecule is CSCCC(NC(=O)c1ccccc1Cl)C(=O)N1CCOC2CCCCC21. The minimum Gasteiger partial charge on any atom is -0.374 e. The summed E-state index contributed by atoms with van der Waals surface area (Å²) >= 11 is 7.82. The Morgan fingerprint density at radius 1 is 1.33 bits per heavy atom. The van der Waals surface area contributed by atoms with E-state index in [0.29, 0.717) is 30.2 Å². The lowest BCUT2D eigenvalue weighted by Gasteiger charge is -2.45. The Hall–Kier alpha value is -1.24. The van der Waals surface area contributed by atoms with Crippen LogP contribution in [0.25, 0.3) is 0 Å². The fourth-order valence-corrected chi connectivity index (χ4v) is 4.64. The molecule has 148 valence electrons. The van der Waals surface area contributed by atoms with Gasteiger partial charge in [-0.2, -0.15) is 11.8 Å². The summed E-state index contributed by atoms with van der Waals surface area (Å²) in [6.45, 7) is 1.17. The lowest BCUT2D eigenvalue weighted by Crippen LogP contribution is -2.59. The highest BCUT2D eigenvalue weighted by Gasteiger charge is 2.39. The van der Waals surface area contributed by atoms with Gasteiger partial charge in [0.1, 0.15) is 6.04 Å². The van der Waals surface area contributed by atoms with Crippen LogP contribution < -0.4 is 5.32 Å². The highest BCUT2D eigenvalue weighted by Crippen LogP contribution is 2.29. The monoisotopic (exact) mass is 410 g/mol. The quantitative estimate of drug-likeness (QED) is 0.781. The predicted octanol–water partition coefficient (Wildman–Crippen LogP) is 3.36. The van der Waals surface area contributed by atoms with E-state index in [1.165, 1.54) is 0 Å². The molecular weight excluding hydrogens is 384 g/mol. The first kappa shape index (κ1) is 20.5. The number of morpholine rings is 1. The van der Waals surface area contributed by atoms with E-state index in [9.17, 15) is 9.59 Å². The van der Waals surface area contributed by atoms with Crippen LogP contribution in [0.1, 0.15) is 42.5 Å². The van der Waals surface area contributed by atoms with Crippen molar-refractivity contribution in [3.63, 3.8) is 0 Å². The Kier molecular flexibility index (Phi) is 7.44. The molecule has 1 aromatic rings. The van der Waals surface area contributed by atoms with Gasteiger partial charge in [0, 0.05) is 6.54 Å². The number of benzene rings is 1. The van der Waals surface area contributed by atoms with Crippen LogP contribution in [0.4, 0.5) is 0 Å². The van der Waals surface area contributed by atoms with Crippen molar-refractivity contribution in [1.82, 2.24) is 10.2 Å². The molecule has 27 heavy (non-hydrogen) atoms. The van der Waals surface area contributed by atoms with Crippen LogP contribution in [0.3, 0.4) is 0 Å². The molecule has 1 aromatic carbocycles. The topological polar surface area (TPSA) is 58.6 Å². The van der Waals surface area contributed by atoms with Gasteiger partial charge >= 0.3 is 0 Å². The lowest BCUT2D eigenvalue weighted by molar-refractivity contribution is -0.151. The molecule has 2 fully saturated rings. The van der Waals surface area contributed by atoms with E-state index in [-0.39, 0.29) is 24.0 Å². The summed E-state index contributed by atoms with van der Waals surface area (Å²) in [4.78, 5) is 28.0. The fraction of sp³-hybridized carbons (Fsp3) is 0.600. The van der Waals surface area contributed by atoms with Gasteiger partial charge in [-0.25, -0.2) is 0 Å². The largest absolute Gasteiger partial charge is 0.374 e. The molecule has 7 heteroatoms. The van der Waals surface area contributed by atoms with Gasteiger partial charge in [0.2, 0.25) is 5.91 Å². The molecule has 3 unspecified atom stereocenters. The summed E-state index contributed by atoms with van der Waals surface area (Å²) in [5.41, 5.74) is 0.402. The average molecular weight is 411 g/mol. The Labute approximate surface area is 170 Å². The Morgan fingerprint density at radius 3 is 2.89 bits per heavy atom. The number of fused-ring (bicyclic) bond motifs is 1.